The molecule has 2 nitrogen and oxygen atoms in total. The van der Waals surface area contributed by atoms with Crippen molar-refractivity contribution in [2.24, 2.45) is 5.73 Å². The minimum atomic E-state index is 0.357. The molecule has 0 aromatic carbocycles. The van der Waals surface area contributed by atoms with Crippen molar-refractivity contribution in [1.29, 1.82) is 0 Å². The van der Waals surface area contributed by atoms with E-state index >= 15 is 0 Å². The predicted octanol–water partition coefficient (Wildman–Crippen LogP) is 2.28. The van der Waals surface area contributed by atoms with Gasteiger partial charge in [0.2, 0.25) is 0 Å². The molecular weight excluding hydrogens is 160 g/mol. The minimum Gasteiger partial charge on any atom is -0.330 e. The summed E-state index contributed by atoms with van der Waals surface area (Å²) < 4.78 is 0. The molecule has 0 radical (unpaired) electrons. The highest BCUT2D eigenvalue weighted by Gasteiger charge is 2.23. The van der Waals surface area contributed by atoms with E-state index in [0.29, 0.717) is 5.54 Å². The fourth-order valence-electron chi connectivity index (χ4n) is 1.86. The Bertz CT molecular complexity index is 98.7. The molecule has 3 N–H and O–H groups in total. The molecule has 0 saturated carbocycles. The summed E-state index contributed by atoms with van der Waals surface area (Å²) in [7, 11) is 2.08. The smallest absolute Gasteiger partial charge is 0.0176 e. The van der Waals surface area contributed by atoms with Gasteiger partial charge in [-0.2, -0.15) is 0 Å². The molecule has 0 aromatic rings. The maximum absolute atomic E-state index is 5.55. The molecule has 0 spiro atoms. The van der Waals surface area contributed by atoms with Crippen LogP contribution in [0.15, 0.2) is 0 Å². The first-order valence-corrected chi connectivity index (χ1v) is 5.63. The lowest BCUT2D eigenvalue weighted by molar-refractivity contribution is 0.277. The topological polar surface area (TPSA) is 38.0 Å². The molecule has 80 valence electrons. The van der Waals surface area contributed by atoms with Gasteiger partial charge in [-0.3, -0.25) is 0 Å². The summed E-state index contributed by atoms with van der Waals surface area (Å²) in [6, 6.07) is 0. The number of nitrogens with one attached hydrogen (secondary N) is 1. The lowest BCUT2D eigenvalue weighted by Gasteiger charge is -2.32. The Morgan fingerprint density at radius 3 is 2.15 bits per heavy atom. The first-order valence-electron chi connectivity index (χ1n) is 5.63. The van der Waals surface area contributed by atoms with Crippen LogP contribution < -0.4 is 11.1 Å². The van der Waals surface area contributed by atoms with E-state index in [-0.39, 0.29) is 0 Å². The Labute approximate surface area is 83.3 Å². The minimum absolute atomic E-state index is 0.357. The lowest BCUT2D eigenvalue weighted by atomic mass is 9.85. The van der Waals surface area contributed by atoms with Gasteiger partial charge in [0, 0.05) is 5.54 Å². The second-order valence-electron chi connectivity index (χ2n) is 3.88. The van der Waals surface area contributed by atoms with Crippen LogP contribution in [0.4, 0.5) is 0 Å². The zero-order valence-corrected chi connectivity index (χ0v) is 9.53. The van der Waals surface area contributed by atoms with Gasteiger partial charge in [0.25, 0.3) is 0 Å². The van der Waals surface area contributed by atoms with Gasteiger partial charge in [0.1, 0.15) is 0 Å². The van der Waals surface area contributed by atoms with E-state index in [2.05, 4.69) is 26.2 Å². The number of nitrogens with two attached hydrogens (primary N) is 1. The molecule has 0 aliphatic carbocycles. The monoisotopic (exact) mass is 186 g/mol. The Balaban J connectivity index is 3.97. The van der Waals surface area contributed by atoms with Crippen molar-refractivity contribution in [2.75, 3.05) is 13.6 Å². The molecule has 1 atom stereocenters. The van der Waals surface area contributed by atoms with Crippen LogP contribution in [0.2, 0.25) is 0 Å². The van der Waals surface area contributed by atoms with Crippen molar-refractivity contribution in [1.82, 2.24) is 5.32 Å². The molecule has 0 rings (SSSR count). The molecule has 0 heterocycles. The third kappa shape index (κ3) is 4.63. The summed E-state index contributed by atoms with van der Waals surface area (Å²) >= 11 is 0. The highest BCUT2D eigenvalue weighted by molar-refractivity contribution is 4.84. The molecule has 0 bridgehead atoms. The first-order chi connectivity index (χ1) is 6.24. The van der Waals surface area contributed by atoms with Crippen molar-refractivity contribution in [3.63, 3.8) is 0 Å². The number of rotatable bonds is 8. The summed E-state index contributed by atoms with van der Waals surface area (Å²) in [4.78, 5) is 0. The molecule has 0 aliphatic heterocycles. The summed E-state index contributed by atoms with van der Waals surface area (Å²) in [5, 5.41) is 3.48. The summed E-state index contributed by atoms with van der Waals surface area (Å²) in [5.41, 5.74) is 5.90. The Hall–Kier alpha value is -0.0800. The SMILES string of the molecule is CCCCC(CC)(CCCN)NC. The number of hydrogen-bond acceptors (Lipinski definition) is 2. The third-order valence-corrected chi connectivity index (χ3v) is 3.08. The van der Waals surface area contributed by atoms with Gasteiger partial charge >= 0.3 is 0 Å². The second-order valence-corrected chi connectivity index (χ2v) is 3.88. The van der Waals surface area contributed by atoms with E-state index in [1.165, 1.54) is 32.1 Å². The van der Waals surface area contributed by atoms with Crippen LogP contribution in [0.5, 0.6) is 0 Å². The van der Waals surface area contributed by atoms with Crippen LogP contribution >= 0.6 is 0 Å². The summed E-state index contributed by atoms with van der Waals surface area (Å²) in [6.45, 7) is 5.33. The Morgan fingerprint density at radius 1 is 1.15 bits per heavy atom. The molecule has 0 aromatic heterocycles. The maximum atomic E-state index is 5.55. The molecule has 0 amide bonds. The zero-order chi connectivity index (χ0) is 10.2. The number of unbranched alkanes of at least 4 members (excludes halogenated alkanes) is 1. The molecular formula is C11H26N2. The number of hydrogen-bond donors (Lipinski definition) is 2. The molecule has 13 heavy (non-hydrogen) atoms. The van der Waals surface area contributed by atoms with Crippen molar-refractivity contribution in [3.05, 3.63) is 0 Å². The average Bonchev–Trinajstić information content (AvgIpc) is 2.20. The quantitative estimate of drug-likeness (QED) is 0.610. The first kappa shape index (κ1) is 12.9. The lowest BCUT2D eigenvalue weighted by Crippen LogP contribution is -2.42. The van der Waals surface area contributed by atoms with Gasteiger partial charge in [0.05, 0.1) is 0 Å². The van der Waals surface area contributed by atoms with Crippen molar-refractivity contribution in [2.45, 2.75) is 57.9 Å². The van der Waals surface area contributed by atoms with E-state index in [9.17, 15) is 0 Å². The second kappa shape index (κ2) is 7.34. The van der Waals surface area contributed by atoms with Crippen LogP contribution in [0.25, 0.3) is 0 Å². The molecule has 0 saturated heterocycles. The average molecular weight is 186 g/mol. The van der Waals surface area contributed by atoms with Gasteiger partial charge in [0.15, 0.2) is 0 Å². The fraction of sp³-hybridized carbons (Fsp3) is 1.00. The van der Waals surface area contributed by atoms with E-state index in [1.807, 2.05) is 0 Å². The maximum Gasteiger partial charge on any atom is 0.0176 e. The molecule has 2 heteroatoms. The van der Waals surface area contributed by atoms with Gasteiger partial charge in [-0.15, -0.1) is 0 Å². The van der Waals surface area contributed by atoms with Gasteiger partial charge in [-0.05, 0) is 39.3 Å². The molecule has 0 aliphatic rings. The predicted molar refractivity (Wildman–Crippen MR) is 59.9 cm³/mol. The van der Waals surface area contributed by atoms with Crippen molar-refractivity contribution in [3.8, 4) is 0 Å². The van der Waals surface area contributed by atoms with Crippen LogP contribution in [0.3, 0.4) is 0 Å². The van der Waals surface area contributed by atoms with E-state index < -0.39 is 0 Å². The Morgan fingerprint density at radius 2 is 1.77 bits per heavy atom. The Kier molecular flexibility index (Phi) is 7.29. The van der Waals surface area contributed by atoms with Crippen LogP contribution in [-0.4, -0.2) is 19.1 Å². The largest absolute Gasteiger partial charge is 0.330 e. The summed E-state index contributed by atoms with van der Waals surface area (Å²) in [5.74, 6) is 0. The van der Waals surface area contributed by atoms with Crippen LogP contribution in [0, 0.1) is 0 Å². The van der Waals surface area contributed by atoms with Crippen molar-refractivity contribution < 1.29 is 0 Å². The van der Waals surface area contributed by atoms with E-state index in [4.69, 9.17) is 5.73 Å². The van der Waals surface area contributed by atoms with E-state index in [0.717, 1.165) is 13.0 Å². The van der Waals surface area contributed by atoms with Crippen LogP contribution in [0.1, 0.15) is 52.4 Å². The van der Waals surface area contributed by atoms with Gasteiger partial charge in [-0.1, -0.05) is 26.7 Å². The van der Waals surface area contributed by atoms with Crippen molar-refractivity contribution >= 4 is 0 Å². The normalized spacial score (nSPS) is 15.7. The third-order valence-electron chi connectivity index (χ3n) is 3.08. The van der Waals surface area contributed by atoms with Gasteiger partial charge < -0.3 is 11.1 Å². The summed E-state index contributed by atoms with van der Waals surface area (Å²) in [6.07, 6.45) is 7.46. The molecule has 1 unspecified atom stereocenters. The van der Waals surface area contributed by atoms with Gasteiger partial charge in [-0.25, -0.2) is 0 Å². The fourth-order valence-corrected chi connectivity index (χ4v) is 1.86. The molecule has 0 fully saturated rings. The van der Waals surface area contributed by atoms with E-state index in [1.54, 1.807) is 0 Å². The standard InChI is InChI=1S/C11H26N2/c1-4-6-8-11(5-2,13-3)9-7-10-12/h13H,4-10,12H2,1-3H3. The zero-order valence-electron chi connectivity index (χ0n) is 9.53. The highest BCUT2D eigenvalue weighted by Crippen LogP contribution is 2.23. The van der Waals surface area contributed by atoms with Crippen LogP contribution in [-0.2, 0) is 0 Å². The highest BCUT2D eigenvalue weighted by atomic mass is 14.9.